The molecule has 0 N–H and O–H groups in total. The zero-order valence-corrected chi connectivity index (χ0v) is 14.3. The van der Waals surface area contributed by atoms with Crippen molar-refractivity contribution in [1.29, 1.82) is 0 Å². The van der Waals surface area contributed by atoms with Crippen LogP contribution in [0.3, 0.4) is 0 Å². The molecule has 0 spiro atoms. The Labute approximate surface area is 135 Å². The molecule has 6 nitrogen and oxygen atoms in total. The van der Waals surface area contributed by atoms with Gasteiger partial charge < -0.3 is 14.0 Å². The van der Waals surface area contributed by atoms with Crippen molar-refractivity contribution in [3.8, 4) is 5.75 Å². The van der Waals surface area contributed by atoms with Crippen molar-refractivity contribution in [1.82, 2.24) is 9.78 Å². The quantitative estimate of drug-likeness (QED) is 0.793. The molecule has 1 fully saturated rings. The van der Waals surface area contributed by atoms with Crippen LogP contribution in [0.2, 0.25) is 0 Å². The third kappa shape index (κ3) is 2.44. The summed E-state index contributed by atoms with van der Waals surface area (Å²) in [6.07, 6.45) is 0. The molecule has 122 valence electrons. The number of carbonyl (C=O) groups excluding carboxylic acids is 1. The molecule has 2 aromatic rings. The molecule has 3 rings (SSSR count). The highest BCUT2D eigenvalue weighted by Crippen LogP contribution is 2.37. The lowest BCUT2D eigenvalue weighted by Gasteiger charge is -2.32. The topological polar surface area (TPSA) is 62.6 Å². The third-order valence-electron chi connectivity index (χ3n) is 4.69. The van der Waals surface area contributed by atoms with Gasteiger partial charge in [0, 0.05) is 12.3 Å². The number of aromatic nitrogens is 2. The Morgan fingerprint density at radius 2 is 1.83 bits per heavy atom. The maximum absolute atomic E-state index is 11.9. The molecule has 0 atom stereocenters. The molecule has 1 aromatic heterocycles. The number of fused-ring (bicyclic) bond motifs is 1. The standard InChI is InChI=1S/C16H21BN2O4/c1-10(20)19-13-8-7-11(21-6)9-12(13)14(18-19)17-22-15(2,3)16(4,5)23-17/h7-9H,1-6H3. The number of rotatable bonds is 2. The Bertz CT molecular complexity index is 766. The molecule has 0 bridgehead atoms. The van der Waals surface area contributed by atoms with E-state index < -0.39 is 18.3 Å². The molecule has 0 amide bonds. The Morgan fingerprint density at radius 3 is 2.35 bits per heavy atom. The van der Waals surface area contributed by atoms with Gasteiger partial charge in [-0.1, -0.05) is 0 Å². The molecule has 1 aliphatic rings. The van der Waals surface area contributed by atoms with Crippen LogP contribution in [0.5, 0.6) is 5.75 Å². The minimum absolute atomic E-state index is 0.164. The third-order valence-corrected chi connectivity index (χ3v) is 4.69. The highest BCUT2D eigenvalue weighted by atomic mass is 16.7. The Morgan fingerprint density at radius 1 is 1.22 bits per heavy atom. The molecule has 1 aromatic carbocycles. The summed E-state index contributed by atoms with van der Waals surface area (Å²) in [5.74, 6) is 0.529. The van der Waals surface area contributed by atoms with Gasteiger partial charge >= 0.3 is 7.12 Å². The summed E-state index contributed by atoms with van der Waals surface area (Å²) in [4.78, 5) is 11.9. The summed E-state index contributed by atoms with van der Waals surface area (Å²) < 4.78 is 18.8. The van der Waals surface area contributed by atoms with Crippen LogP contribution in [0, 0.1) is 0 Å². The number of benzene rings is 1. The SMILES string of the molecule is COc1ccc2c(c1)c(B1OC(C)(C)C(C)(C)O1)nn2C(C)=O. The van der Waals surface area contributed by atoms with Gasteiger partial charge in [-0.3, -0.25) is 4.79 Å². The fourth-order valence-corrected chi connectivity index (χ4v) is 2.62. The highest BCUT2D eigenvalue weighted by molar-refractivity contribution is 6.64. The lowest BCUT2D eigenvalue weighted by Crippen LogP contribution is -2.41. The van der Waals surface area contributed by atoms with Crippen LogP contribution >= 0.6 is 0 Å². The number of carbonyl (C=O) groups is 1. The zero-order valence-electron chi connectivity index (χ0n) is 14.3. The zero-order chi connectivity index (χ0) is 17.0. The second-order valence-corrected chi connectivity index (χ2v) is 6.79. The van der Waals surface area contributed by atoms with Crippen molar-refractivity contribution in [3.63, 3.8) is 0 Å². The van der Waals surface area contributed by atoms with Gasteiger partial charge in [-0.15, -0.1) is 0 Å². The number of nitrogens with zero attached hydrogens (tertiary/aromatic N) is 2. The van der Waals surface area contributed by atoms with Crippen LogP contribution < -0.4 is 10.3 Å². The number of ether oxygens (including phenoxy) is 1. The van der Waals surface area contributed by atoms with Crippen molar-refractivity contribution in [2.75, 3.05) is 7.11 Å². The predicted octanol–water partition coefficient (Wildman–Crippen LogP) is 2.00. The van der Waals surface area contributed by atoms with Crippen molar-refractivity contribution in [2.24, 2.45) is 0 Å². The van der Waals surface area contributed by atoms with Gasteiger partial charge in [-0.25, -0.2) is 4.68 Å². The van der Waals surface area contributed by atoms with E-state index in [4.69, 9.17) is 14.0 Å². The lowest BCUT2D eigenvalue weighted by atomic mass is 9.82. The monoisotopic (exact) mass is 316 g/mol. The summed E-state index contributed by atoms with van der Waals surface area (Å²) >= 11 is 0. The van der Waals surface area contributed by atoms with E-state index in [-0.39, 0.29) is 5.91 Å². The molecule has 7 heteroatoms. The van der Waals surface area contributed by atoms with Crippen LogP contribution in [-0.2, 0) is 9.31 Å². The summed E-state index contributed by atoms with van der Waals surface area (Å²) in [7, 11) is 0.973. The Hall–Kier alpha value is -1.86. The number of hydrogen-bond donors (Lipinski definition) is 0. The second kappa shape index (κ2) is 5.07. The van der Waals surface area contributed by atoms with Crippen molar-refractivity contribution < 1.29 is 18.8 Å². The normalized spacial score (nSPS) is 19.3. The predicted molar refractivity (Wildman–Crippen MR) is 88.3 cm³/mol. The second-order valence-electron chi connectivity index (χ2n) is 6.79. The molecular formula is C16H21BN2O4. The van der Waals surface area contributed by atoms with Crippen LogP contribution in [0.15, 0.2) is 18.2 Å². The van der Waals surface area contributed by atoms with E-state index in [0.29, 0.717) is 16.9 Å². The smallest absolute Gasteiger partial charge is 0.497 e. The van der Waals surface area contributed by atoms with Crippen molar-refractivity contribution in [2.45, 2.75) is 45.8 Å². The van der Waals surface area contributed by atoms with E-state index in [0.717, 1.165) is 5.39 Å². The number of hydrogen-bond acceptors (Lipinski definition) is 5. The molecule has 0 radical (unpaired) electrons. The van der Waals surface area contributed by atoms with Gasteiger partial charge in [0.15, 0.2) is 0 Å². The van der Waals surface area contributed by atoms with E-state index in [9.17, 15) is 4.79 Å². The first-order valence-electron chi connectivity index (χ1n) is 7.59. The molecule has 1 aliphatic heterocycles. The van der Waals surface area contributed by atoms with Gasteiger partial charge in [0.25, 0.3) is 0 Å². The lowest BCUT2D eigenvalue weighted by molar-refractivity contribution is 0.00578. The van der Waals surface area contributed by atoms with Gasteiger partial charge in [-0.05, 0) is 45.9 Å². The largest absolute Gasteiger partial charge is 0.517 e. The molecule has 0 saturated carbocycles. The van der Waals surface area contributed by atoms with Crippen LogP contribution in [0.4, 0.5) is 0 Å². The fourth-order valence-electron chi connectivity index (χ4n) is 2.62. The first-order chi connectivity index (χ1) is 10.7. The summed E-state index contributed by atoms with van der Waals surface area (Å²) in [6, 6.07) is 5.47. The summed E-state index contributed by atoms with van der Waals surface area (Å²) in [5, 5.41) is 5.23. The van der Waals surface area contributed by atoms with E-state index in [1.807, 2.05) is 39.8 Å². The molecular weight excluding hydrogens is 295 g/mol. The van der Waals surface area contributed by atoms with Crippen LogP contribution in [-0.4, -0.2) is 41.1 Å². The highest BCUT2D eigenvalue weighted by Gasteiger charge is 2.53. The Balaban J connectivity index is 2.16. The Kier molecular flexibility index (Phi) is 3.53. The molecule has 2 heterocycles. The maximum Gasteiger partial charge on any atom is 0.517 e. The minimum Gasteiger partial charge on any atom is -0.497 e. The number of methoxy groups -OCH3 is 1. The van der Waals surface area contributed by atoms with Gasteiger partial charge in [-0.2, -0.15) is 5.10 Å². The fraction of sp³-hybridized carbons (Fsp3) is 0.500. The molecule has 23 heavy (non-hydrogen) atoms. The van der Waals surface area contributed by atoms with Gasteiger partial charge in [0.05, 0.1) is 23.8 Å². The summed E-state index contributed by atoms with van der Waals surface area (Å²) in [6.45, 7) is 9.41. The van der Waals surface area contributed by atoms with Crippen LogP contribution in [0.1, 0.15) is 39.4 Å². The van der Waals surface area contributed by atoms with Crippen molar-refractivity contribution >= 4 is 29.5 Å². The summed E-state index contributed by atoms with van der Waals surface area (Å²) in [5.41, 5.74) is 0.363. The average Bonchev–Trinajstić information content (AvgIpc) is 2.93. The van der Waals surface area contributed by atoms with E-state index in [1.54, 1.807) is 13.2 Å². The molecule has 0 aliphatic carbocycles. The first kappa shape index (κ1) is 16.0. The average molecular weight is 316 g/mol. The van der Waals surface area contributed by atoms with E-state index >= 15 is 0 Å². The van der Waals surface area contributed by atoms with Crippen molar-refractivity contribution in [3.05, 3.63) is 18.2 Å². The first-order valence-corrected chi connectivity index (χ1v) is 7.59. The van der Waals surface area contributed by atoms with Crippen LogP contribution in [0.25, 0.3) is 10.9 Å². The minimum atomic E-state index is -0.629. The van der Waals surface area contributed by atoms with E-state index in [1.165, 1.54) is 11.6 Å². The molecule has 0 unspecified atom stereocenters. The van der Waals surface area contributed by atoms with E-state index in [2.05, 4.69) is 5.10 Å². The molecule has 1 saturated heterocycles. The van der Waals surface area contributed by atoms with Gasteiger partial charge in [0.1, 0.15) is 11.3 Å². The van der Waals surface area contributed by atoms with Gasteiger partial charge in [0.2, 0.25) is 5.91 Å². The maximum atomic E-state index is 11.9.